The van der Waals surface area contributed by atoms with E-state index in [1.807, 2.05) is 0 Å². The van der Waals surface area contributed by atoms with Gasteiger partial charge in [-0.2, -0.15) is 0 Å². The molecule has 0 amide bonds. The van der Waals surface area contributed by atoms with Gasteiger partial charge in [0.25, 0.3) is 0 Å². The topological polar surface area (TPSA) is 29.3 Å². The first-order valence-corrected chi connectivity index (χ1v) is 9.08. The lowest BCUT2D eigenvalue weighted by molar-refractivity contribution is 0.243. The SMILES string of the molecule is CN(Cc1cc(Br)cs1)C(CN)c1ccccc1C1CC1. The van der Waals surface area contributed by atoms with Crippen molar-refractivity contribution in [2.75, 3.05) is 13.6 Å². The molecule has 1 aliphatic rings. The lowest BCUT2D eigenvalue weighted by atomic mass is 9.96. The summed E-state index contributed by atoms with van der Waals surface area (Å²) in [5, 5.41) is 2.14. The molecule has 1 aromatic carbocycles. The maximum atomic E-state index is 6.11. The third kappa shape index (κ3) is 3.57. The average molecular weight is 365 g/mol. The summed E-state index contributed by atoms with van der Waals surface area (Å²) in [6, 6.07) is 11.3. The molecule has 112 valence electrons. The van der Waals surface area contributed by atoms with Crippen LogP contribution in [0.25, 0.3) is 0 Å². The summed E-state index contributed by atoms with van der Waals surface area (Å²) in [5.74, 6) is 0.763. The molecule has 1 aromatic heterocycles. The van der Waals surface area contributed by atoms with Crippen LogP contribution in [-0.2, 0) is 6.54 Å². The van der Waals surface area contributed by atoms with Crippen LogP contribution in [0.1, 0.15) is 40.8 Å². The summed E-state index contributed by atoms with van der Waals surface area (Å²) in [7, 11) is 2.18. The maximum Gasteiger partial charge on any atom is 0.0474 e. The molecule has 1 saturated carbocycles. The molecule has 0 bridgehead atoms. The Labute approximate surface area is 139 Å². The van der Waals surface area contributed by atoms with E-state index < -0.39 is 0 Å². The van der Waals surface area contributed by atoms with Crippen LogP contribution >= 0.6 is 27.3 Å². The highest BCUT2D eigenvalue weighted by atomic mass is 79.9. The van der Waals surface area contributed by atoms with E-state index in [9.17, 15) is 0 Å². The number of benzene rings is 1. The van der Waals surface area contributed by atoms with Gasteiger partial charge in [0, 0.05) is 33.9 Å². The maximum absolute atomic E-state index is 6.11. The van der Waals surface area contributed by atoms with E-state index in [2.05, 4.69) is 63.6 Å². The Balaban J connectivity index is 1.80. The number of nitrogens with two attached hydrogens (primary N) is 1. The summed E-state index contributed by atoms with van der Waals surface area (Å²) in [4.78, 5) is 3.74. The minimum Gasteiger partial charge on any atom is -0.329 e. The first kappa shape index (κ1) is 15.2. The highest BCUT2D eigenvalue weighted by Crippen LogP contribution is 2.43. The van der Waals surface area contributed by atoms with Crippen molar-refractivity contribution in [1.29, 1.82) is 0 Å². The highest BCUT2D eigenvalue weighted by Gasteiger charge is 2.29. The summed E-state index contributed by atoms with van der Waals surface area (Å²) in [6.45, 7) is 1.60. The Morgan fingerprint density at radius 1 is 1.38 bits per heavy atom. The normalized spacial score (nSPS) is 16.4. The number of thiophene rings is 1. The van der Waals surface area contributed by atoms with Gasteiger partial charge in [-0.1, -0.05) is 24.3 Å². The van der Waals surface area contributed by atoms with E-state index in [1.165, 1.54) is 33.3 Å². The molecule has 1 atom stereocenters. The smallest absolute Gasteiger partial charge is 0.0474 e. The summed E-state index contributed by atoms with van der Waals surface area (Å²) in [5.41, 5.74) is 9.03. The van der Waals surface area contributed by atoms with E-state index in [0.29, 0.717) is 12.6 Å². The largest absolute Gasteiger partial charge is 0.329 e. The van der Waals surface area contributed by atoms with Crippen molar-refractivity contribution in [2.24, 2.45) is 5.73 Å². The average Bonchev–Trinajstić information content (AvgIpc) is 3.24. The molecular weight excluding hydrogens is 344 g/mol. The Kier molecular flexibility index (Phi) is 4.79. The number of hydrogen-bond acceptors (Lipinski definition) is 3. The molecule has 0 radical (unpaired) electrons. The molecule has 4 heteroatoms. The minimum atomic E-state index is 0.294. The Hall–Kier alpha value is -0.680. The van der Waals surface area contributed by atoms with Gasteiger partial charge in [-0.05, 0) is 58.9 Å². The Morgan fingerprint density at radius 3 is 2.76 bits per heavy atom. The second-order valence-corrected chi connectivity index (χ2v) is 7.71. The zero-order chi connectivity index (χ0) is 14.8. The van der Waals surface area contributed by atoms with Crippen LogP contribution in [0.5, 0.6) is 0 Å². The summed E-state index contributed by atoms with van der Waals surface area (Å²) < 4.78 is 1.17. The number of likely N-dealkylation sites (N-methyl/N-ethyl adjacent to an activating group) is 1. The Bertz CT molecular complexity index is 606. The van der Waals surface area contributed by atoms with Crippen LogP contribution < -0.4 is 5.73 Å². The second kappa shape index (κ2) is 6.61. The van der Waals surface area contributed by atoms with Crippen molar-refractivity contribution in [2.45, 2.75) is 31.3 Å². The fourth-order valence-electron chi connectivity index (χ4n) is 2.92. The second-order valence-electron chi connectivity index (χ2n) is 5.80. The zero-order valence-corrected chi connectivity index (χ0v) is 14.7. The molecule has 1 unspecified atom stereocenters. The highest BCUT2D eigenvalue weighted by molar-refractivity contribution is 9.10. The lowest BCUT2D eigenvalue weighted by Gasteiger charge is -2.28. The molecule has 1 fully saturated rings. The fourth-order valence-corrected chi connectivity index (χ4v) is 4.43. The molecule has 1 heterocycles. The molecule has 2 N–H and O–H groups in total. The first-order chi connectivity index (χ1) is 10.2. The number of hydrogen-bond donors (Lipinski definition) is 1. The Morgan fingerprint density at radius 2 is 2.14 bits per heavy atom. The molecule has 1 aliphatic carbocycles. The van der Waals surface area contributed by atoms with Crippen molar-refractivity contribution in [3.8, 4) is 0 Å². The molecule has 2 aromatic rings. The number of rotatable bonds is 6. The molecule has 3 rings (SSSR count). The van der Waals surface area contributed by atoms with Crippen LogP contribution in [0.2, 0.25) is 0 Å². The molecule has 0 spiro atoms. The van der Waals surface area contributed by atoms with Crippen molar-refractivity contribution in [3.05, 3.63) is 56.2 Å². The van der Waals surface area contributed by atoms with Crippen LogP contribution in [0.15, 0.2) is 40.2 Å². The van der Waals surface area contributed by atoms with Gasteiger partial charge in [-0.25, -0.2) is 0 Å². The standard InChI is InChI=1S/C17H21BrN2S/c1-20(10-14-8-13(18)11-21-14)17(9-19)16-5-3-2-4-15(16)12-6-7-12/h2-5,8,11-12,17H,6-7,9-10,19H2,1H3. The van der Waals surface area contributed by atoms with Gasteiger partial charge < -0.3 is 5.73 Å². The predicted octanol–water partition coefficient (Wildman–Crippen LogP) is 4.52. The minimum absolute atomic E-state index is 0.294. The molecule has 0 aliphatic heterocycles. The van der Waals surface area contributed by atoms with E-state index in [-0.39, 0.29) is 0 Å². The van der Waals surface area contributed by atoms with Crippen LogP contribution in [0.4, 0.5) is 0 Å². The molecule has 2 nitrogen and oxygen atoms in total. The molecule has 21 heavy (non-hydrogen) atoms. The third-order valence-corrected chi connectivity index (χ3v) is 5.84. The summed E-state index contributed by atoms with van der Waals surface area (Å²) >= 11 is 5.32. The van der Waals surface area contributed by atoms with Gasteiger partial charge >= 0.3 is 0 Å². The van der Waals surface area contributed by atoms with Gasteiger partial charge in [0.05, 0.1) is 0 Å². The van der Waals surface area contributed by atoms with Gasteiger partial charge in [0.1, 0.15) is 0 Å². The third-order valence-electron chi connectivity index (χ3n) is 4.15. The predicted molar refractivity (Wildman–Crippen MR) is 93.7 cm³/mol. The number of nitrogens with zero attached hydrogens (tertiary/aromatic N) is 1. The van der Waals surface area contributed by atoms with Crippen LogP contribution in [0, 0.1) is 0 Å². The summed E-state index contributed by atoms with van der Waals surface area (Å²) in [6.07, 6.45) is 2.66. The van der Waals surface area contributed by atoms with Crippen LogP contribution in [0.3, 0.4) is 0 Å². The van der Waals surface area contributed by atoms with Crippen molar-refractivity contribution in [3.63, 3.8) is 0 Å². The van der Waals surface area contributed by atoms with E-state index >= 15 is 0 Å². The first-order valence-electron chi connectivity index (χ1n) is 7.41. The van der Waals surface area contributed by atoms with Gasteiger partial charge in [0.15, 0.2) is 0 Å². The monoisotopic (exact) mass is 364 g/mol. The quantitative estimate of drug-likeness (QED) is 0.816. The molecular formula is C17H21BrN2S. The van der Waals surface area contributed by atoms with E-state index in [0.717, 1.165) is 12.5 Å². The molecule has 0 saturated heterocycles. The zero-order valence-electron chi connectivity index (χ0n) is 12.3. The van der Waals surface area contributed by atoms with Gasteiger partial charge in [-0.15, -0.1) is 11.3 Å². The van der Waals surface area contributed by atoms with Crippen molar-refractivity contribution in [1.82, 2.24) is 4.90 Å². The fraction of sp³-hybridized carbons (Fsp3) is 0.412. The van der Waals surface area contributed by atoms with Gasteiger partial charge in [-0.3, -0.25) is 4.90 Å². The van der Waals surface area contributed by atoms with Crippen molar-refractivity contribution < 1.29 is 0 Å². The van der Waals surface area contributed by atoms with Crippen molar-refractivity contribution >= 4 is 27.3 Å². The lowest BCUT2D eigenvalue weighted by Crippen LogP contribution is -2.30. The van der Waals surface area contributed by atoms with Crippen LogP contribution in [-0.4, -0.2) is 18.5 Å². The van der Waals surface area contributed by atoms with E-state index in [1.54, 1.807) is 11.3 Å². The number of halogens is 1. The van der Waals surface area contributed by atoms with Gasteiger partial charge in [0.2, 0.25) is 0 Å². The van der Waals surface area contributed by atoms with E-state index in [4.69, 9.17) is 5.73 Å².